The molecule has 20 heavy (non-hydrogen) atoms. The number of nitro groups is 1. The van der Waals surface area contributed by atoms with Gasteiger partial charge in [0.2, 0.25) is 0 Å². The summed E-state index contributed by atoms with van der Waals surface area (Å²) in [6.45, 7) is 2.40. The number of imidazole rings is 1. The highest BCUT2D eigenvalue weighted by molar-refractivity contribution is 5.96. The Balaban J connectivity index is 1.66. The van der Waals surface area contributed by atoms with Crippen LogP contribution in [-0.4, -0.2) is 43.2 Å². The summed E-state index contributed by atoms with van der Waals surface area (Å²) in [5.74, 6) is 0.777. The molecule has 8 nitrogen and oxygen atoms in total. The van der Waals surface area contributed by atoms with Gasteiger partial charge in [-0.3, -0.25) is 19.8 Å². The third kappa shape index (κ3) is 2.32. The van der Waals surface area contributed by atoms with E-state index in [9.17, 15) is 14.9 Å². The molecule has 1 N–H and O–H groups in total. The predicted molar refractivity (Wildman–Crippen MR) is 69.3 cm³/mol. The third-order valence-electron chi connectivity index (χ3n) is 3.37. The van der Waals surface area contributed by atoms with Crippen LogP contribution in [0.15, 0.2) is 24.7 Å². The van der Waals surface area contributed by atoms with Gasteiger partial charge in [-0.15, -0.1) is 0 Å². The maximum absolute atomic E-state index is 12.1. The first-order valence-corrected chi connectivity index (χ1v) is 6.22. The number of Topliss-reactive ketones (excluding diaryl/α,β-unsaturated/α-hetero) is 1. The topological polar surface area (TPSA) is 97.1 Å². The molecule has 0 fully saturated rings. The highest BCUT2D eigenvalue weighted by Gasteiger charge is 2.21. The van der Waals surface area contributed by atoms with Gasteiger partial charge in [-0.25, -0.2) is 4.98 Å². The van der Waals surface area contributed by atoms with Gasteiger partial charge in [0.05, 0.1) is 29.9 Å². The van der Waals surface area contributed by atoms with Crippen molar-refractivity contribution in [2.45, 2.75) is 13.1 Å². The second-order valence-corrected chi connectivity index (χ2v) is 4.70. The molecule has 104 valence electrons. The average molecular weight is 275 g/mol. The maximum atomic E-state index is 12.1. The zero-order valence-electron chi connectivity index (χ0n) is 10.7. The molecule has 0 saturated heterocycles. The Hall–Kier alpha value is -2.48. The second kappa shape index (κ2) is 4.89. The Morgan fingerprint density at radius 2 is 2.35 bits per heavy atom. The lowest BCUT2D eigenvalue weighted by Gasteiger charge is -2.26. The number of hydrogen-bond donors (Lipinski definition) is 1. The number of carbonyl (C=O) groups is 1. The summed E-state index contributed by atoms with van der Waals surface area (Å²) in [5.41, 5.74) is 0.174. The van der Waals surface area contributed by atoms with Crippen molar-refractivity contribution in [3.63, 3.8) is 0 Å². The van der Waals surface area contributed by atoms with Crippen LogP contribution in [0.1, 0.15) is 16.3 Å². The van der Waals surface area contributed by atoms with Gasteiger partial charge in [-0.1, -0.05) is 0 Å². The van der Waals surface area contributed by atoms with Gasteiger partial charge < -0.3 is 9.55 Å². The smallest absolute Gasteiger partial charge is 0.287 e. The van der Waals surface area contributed by atoms with Crippen molar-refractivity contribution in [3.05, 3.63) is 46.3 Å². The Morgan fingerprint density at radius 1 is 1.50 bits per heavy atom. The molecule has 1 aliphatic heterocycles. The fourth-order valence-corrected chi connectivity index (χ4v) is 2.30. The van der Waals surface area contributed by atoms with Crippen LogP contribution in [0, 0.1) is 10.1 Å². The van der Waals surface area contributed by atoms with E-state index in [1.54, 1.807) is 6.20 Å². The van der Waals surface area contributed by atoms with Gasteiger partial charge in [0, 0.05) is 31.5 Å². The monoisotopic (exact) mass is 275 g/mol. The average Bonchev–Trinajstić information content (AvgIpc) is 3.07. The lowest BCUT2D eigenvalue weighted by atomic mass is 10.2. The summed E-state index contributed by atoms with van der Waals surface area (Å²) in [6.07, 6.45) is 4.90. The van der Waals surface area contributed by atoms with Gasteiger partial charge in [-0.05, 0) is 0 Å². The van der Waals surface area contributed by atoms with E-state index >= 15 is 0 Å². The van der Waals surface area contributed by atoms with E-state index < -0.39 is 4.92 Å². The minimum Gasteiger partial charge on any atom is -0.353 e. The van der Waals surface area contributed by atoms with E-state index in [1.807, 2.05) is 11.1 Å². The number of rotatable bonds is 4. The molecule has 0 unspecified atom stereocenters. The molecule has 2 aromatic heterocycles. The Labute approximate surface area is 114 Å². The highest BCUT2D eigenvalue weighted by atomic mass is 16.6. The Bertz CT molecular complexity index is 660. The Kier molecular flexibility index (Phi) is 3.07. The molecular formula is C12H13N5O3. The van der Waals surface area contributed by atoms with Gasteiger partial charge >= 0.3 is 0 Å². The number of fused-ring (bicyclic) bond motifs is 1. The quantitative estimate of drug-likeness (QED) is 0.506. The Morgan fingerprint density at radius 3 is 3.10 bits per heavy atom. The summed E-state index contributed by atoms with van der Waals surface area (Å²) in [5, 5.41) is 10.6. The number of aromatic amines is 1. The number of ketones is 1. The van der Waals surface area contributed by atoms with Gasteiger partial charge in [-0.2, -0.15) is 0 Å². The van der Waals surface area contributed by atoms with Crippen LogP contribution in [0.5, 0.6) is 0 Å². The normalized spacial score (nSPS) is 15.0. The van der Waals surface area contributed by atoms with Crippen molar-refractivity contribution in [2.75, 3.05) is 13.1 Å². The van der Waals surface area contributed by atoms with E-state index in [0.29, 0.717) is 6.54 Å². The van der Waals surface area contributed by atoms with E-state index in [0.717, 1.165) is 18.9 Å². The number of aromatic nitrogens is 3. The van der Waals surface area contributed by atoms with E-state index in [2.05, 4.69) is 14.5 Å². The summed E-state index contributed by atoms with van der Waals surface area (Å²) in [7, 11) is 0. The van der Waals surface area contributed by atoms with Crippen molar-refractivity contribution in [2.24, 2.45) is 0 Å². The molecule has 0 spiro atoms. The van der Waals surface area contributed by atoms with Crippen molar-refractivity contribution in [1.82, 2.24) is 19.4 Å². The SMILES string of the molecule is O=C(CN1CCn2ccnc2C1)c1cc([N+](=O)[O-])c[nH]1. The fourth-order valence-electron chi connectivity index (χ4n) is 2.30. The molecule has 0 amide bonds. The first-order chi connectivity index (χ1) is 9.63. The van der Waals surface area contributed by atoms with E-state index in [4.69, 9.17) is 0 Å². The number of H-pyrrole nitrogens is 1. The fraction of sp³-hybridized carbons (Fsp3) is 0.333. The van der Waals surface area contributed by atoms with Crippen molar-refractivity contribution < 1.29 is 9.72 Å². The molecule has 0 saturated carbocycles. The molecule has 0 radical (unpaired) electrons. The molecule has 1 aliphatic rings. The van der Waals surface area contributed by atoms with Crippen LogP contribution in [-0.2, 0) is 13.1 Å². The largest absolute Gasteiger partial charge is 0.353 e. The first kappa shape index (κ1) is 12.5. The van der Waals surface area contributed by atoms with Crippen LogP contribution in [0.2, 0.25) is 0 Å². The molecule has 3 rings (SSSR count). The number of carbonyl (C=O) groups excluding carboxylic acids is 1. The van der Waals surface area contributed by atoms with Crippen LogP contribution in [0.3, 0.4) is 0 Å². The molecular weight excluding hydrogens is 262 g/mol. The summed E-state index contributed by atoms with van der Waals surface area (Å²) < 4.78 is 2.06. The lowest BCUT2D eigenvalue weighted by molar-refractivity contribution is -0.384. The zero-order valence-corrected chi connectivity index (χ0v) is 10.7. The van der Waals surface area contributed by atoms with Gasteiger partial charge in [0.25, 0.3) is 5.69 Å². The second-order valence-electron chi connectivity index (χ2n) is 4.70. The highest BCUT2D eigenvalue weighted by Crippen LogP contribution is 2.15. The van der Waals surface area contributed by atoms with Crippen LogP contribution >= 0.6 is 0 Å². The summed E-state index contributed by atoms with van der Waals surface area (Å²) in [4.78, 5) is 31.0. The minimum absolute atomic E-state index is 0.0949. The number of nitrogens with one attached hydrogen (secondary N) is 1. The van der Waals surface area contributed by atoms with Crippen molar-refractivity contribution >= 4 is 11.5 Å². The van der Waals surface area contributed by atoms with Gasteiger partial charge in [0.1, 0.15) is 5.82 Å². The summed E-state index contributed by atoms with van der Waals surface area (Å²) in [6, 6.07) is 1.27. The number of hydrogen-bond acceptors (Lipinski definition) is 5. The molecule has 0 bridgehead atoms. The van der Waals surface area contributed by atoms with Crippen LogP contribution < -0.4 is 0 Å². The predicted octanol–water partition coefficient (Wildman–Crippen LogP) is 0.818. The van der Waals surface area contributed by atoms with Crippen LogP contribution in [0.25, 0.3) is 0 Å². The molecule has 8 heteroatoms. The third-order valence-corrected chi connectivity index (χ3v) is 3.37. The maximum Gasteiger partial charge on any atom is 0.287 e. The zero-order chi connectivity index (χ0) is 14.1. The van der Waals surface area contributed by atoms with Crippen molar-refractivity contribution in [1.29, 1.82) is 0 Å². The van der Waals surface area contributed by atoms with E-state index in [-0.39, 0.29) is 23.7 Å². The standard InChI is InChI=1S/C12H13N5O3/c18-11(10-5-9(6-14-10)17(19)20)7-15-3-4-16-2-1-13-12(16)8-15/h1-2,5-6,14H,3-4,7-8H2. The van der Waals surface area contributed by atoms with Gasteiger partial charge in [0.15, 0.2) is 5.78 Å². The molecule has 0 aromatic carbocycles. The van der Waals surface area contributed by atoms with E-state index in [1.165, 1.54) is 12.3 Å². The molecule has 2 aromatic rings. The molecule has 0 aliphatic carbocycles. The molecule has 3 heterocycles. The summed E-state index contributed by atoms with van der Waals surface area (Å²) >= 11 is 0. The first-order valence-electron chi connectivity index (χ1n) is 6.22. The lowest BCUT2D eigenvalue weighted by Crippen LogP contribution is -2.37. The van der Waals surface area contributed by atoms with Crippen molar-refractivity contribution in [3.8, 4) is 0 Å². The minimum atomic E-state index is -0.523. The molecule has 0 atom stereocenters. The number of nitrogens with zero attached hydrogens (tertiary/aromatic N) is 4. The van der Waals surface area contributed by atoms with Crippen LogP contribution in [0.4, 0.5) is 5.69 Å².